The highest BCUT2D eigenvalue weighted by molar-refractivity contribution is 7.99. The molecule has 0 saturated heterocycles. The third-order valence-electron chi connectivity index (χ3n) is 4.74. The molecular formula is C18H12F2N4OS. The average Bonchev–Trinajstić information content (AvgIpc) is 2.78. The van der Waals surface area contributed by atoms with E-state index in [-0.39, 0.29) is 5.69 Å². The van der Waals surface area contributed by atoms with Gasteiger partial charge in [0.1, 0.15) is 5.82 Å². The minimum Gasteiger partial charge on any atom is -0.293 e. The molecular weight excluding hydrogens is 358 g/mol. The second-order valence-corrected chi connectivity index (χ2v) is 7.27. The Morgan fingerprint density at radius 1 is 1.19 bits per heavy atom. The molecule has 4 aromatic rings. The van der Waals surface area contributed by atoms with Crippen LogP contribution in [-0.2, 0) is 13.6 Å². The van der Waals surface area contributed by atoms with Crippen molar-refractivity contribution in [2.45, 2.75) is 11.4 Å². The molecule has 0 unspecified atom stereocenters. The highest BCUT2D eigenvalue weighted by Crippen LogP contribution is 2.42. The summed E-state index contributed by atoms with van der Waals surface area (Å²) in [6, 6.07) is 4.09. The highest BCUT2D eigenvalue weighted by Gasteiger charge is 2.24. The van der Waals surface area contributed by atoms with Gasteiger partial charge >= 0.3 is 5.69 Å². The summed E-state index contributed by atoms with van der Waals surface area (Å²) in [4.78, 5) is 21.3. The first-order chi connectivity index (χ1) is 12.6. The van der Waals surface area contributed by atoms with Crippen molar-refractivity contribution in [3.8, 4) is 11.1 Å². The highest BCUT2D eigenvalue weighted by atomic mass is 32.2. The molecule has 0 radical (unpaired) electrons. The maximum Gasteiger partial charge on any atom is 0.328 e. The van der Waals surface area contributed by atoms with Crippen molar-refractivity contribution in [1.29, 1.82) is 0 Å². The largest absolute Gasteiger partial charge is 0.328 e. The number of aromatic nitrogens is 4. The van der Waals surface area contributed by atoms with E-state index in [9.17, 15) is 13.6 Å². The predicted molar refractivity (Wildman–Crippen MR) is 96.4 cm³/mol. The fourth-order valence-corrected chi connectivity index (χ4v) is 4.73. The van der Waals surface area contributed by atoms with E-state index in [1.54, 1.807) is 22.4 Å². The fraction of sp³-hybridized carbons (Fsp3) is 0.167. The molecule has 0 atom stereocenters. The molecule has 130 valence electrons. The first kappa shape index (κ1) is 15.5. The normalized spacial score (nSPS) is 13.7. The molecule has 0 N–H and O–H groups in total. The van der Waals surface area contributed by atoms with Crippen molar-refractivity contribution >= 4 is 33.7 Å². The minimum atomic E-state index is -0.616. The molecule has 1 aliphatic heterocycles. The van der Waals surface area contributed by atoms with Crippen LogP contribution in [-0.4, -0.2) is 24.9 Å². The maximum absolute atomic E-state index is 14.9. The van der Waals surface area contributed by atoms with Crippen LogP contribution in [0.3, 0.4) is 0 Å². The van der Waals surface area contributed by atoms with Crippen LogP contribution >= 0.6 is 11.8 Å². The van der Waals surface area contributed by atoms with Crippen molar-refractivity contribution < 1.29 is 8.78 Å². The van der Waals surface area contributed by atoms with Gasteiger partial charge in [-0.05, 0) is 12.1 Å². The van der Waals surface area contributed by atoms with E-state index in [0.717, 1.165) is 10.9 Å². The van der Waals surface area contributed by atoms with Gasteiger partial charge in [0.05, 0.1) is 22.7 Å². The van der Waals surface area contributed by atoms with Gasteiger partial charge in [0.2, 0.25) is 5.95 Å². The fourth-order valence-electron chi connectivity index (χ4n) is 3.55. The summed E-state index contributed by atoms with van der Waals surface area (Å²) in [5, 5.41) is 0.753. The summed E-state index contributed by atoms with van der Waals surface area (Å²) in [5.41, 5.74) is 2.72. The molecule has 3 aromatic heterocycles. The second-order valence-electron chi connectivity index (χ2n) is 6.16. The van der Waals surface area contributed by atoms with Crippen molar-refractivity contribution in [2.75, 3.05) is 5.75 Å². The monoisotopic (exact) mass is 370 g/mol. The lowest BCUT2D eigenvalue weighted by molar-refractivity contribution is 0.583. The zero-order valence-corrected chi connectivity index (χ0v) is 14.5. The first-order valence-corrected chi connectivity index (χ1v) is 9.00. The molecule has 0 saturated carbocycles. The molecule has 1 aliphatic rings. The summed E-state index contributed by atoms with van der Waals surface area (Å²) >= 11 is 1.48. The van der Waals surface area contributed by atoms with E-state index in [4.69, 9.17) is 0 Å². The Kier molecular flexibility index (Phi) is 3.21. The van der Waals surface area contributed by atoms with Crippen LogP contribution in [0.4, 0.5) is 8.78 Å². The maximum atomic E-state index is 14.9. The van der Waals surface area contributed by atoms with E-state index in [1.807, 2.05) is 0 Å². The third kappa shape index (κ3) is 1.99. The number of nitrogens with zero attached hydrogens (tertiary/aromatic N) is 4. The smallest absolute Gasteiger partial charge is 0.293 e. The van der Waals surface area contributed by atoms with Crippen molar-refractivity contribution in [1.82, 2.24) is 19.1 Å². The summed E-state index contributed by atoms with van der Waals surface area (Å²) < 4.78 is 31.4. The van der Waals surface area contributed by atoms with Gasteiger partial charge in [-0.15, -0.1) is 11.8 Å². The molecule has 8 heteroatoms. The zero-order valence-electron chi connectivity index (χ0n) is 13.7. The van der Waals surface area contributed by atoms with Crippen LogP contribution in [0.25, 0.3) is 33.1 Å². The number of halogens is 2. The van der Waals surface area contributed by atoms with Crippen LogP contribution in [0.1, 0.15) is 0 Å². The molecule has 1 aromatic carbocycles. The van der Waals surface area contributed by atoms with Crippen LogP contribution in [0.15, 0.2) is 40.3 Å². The molecule has 5 rings (SSSR count). The molecule has 26 heavy (non-hydrogen) atoms. The quantitative estimate of drug-likeness (QED) is 0.482. The number of pyridine rings is 2. The van der Waals surface area contributed by atoms with Crippen LogP contribution < -0.4 is 5.69 Å². The molecule has 0 aliphatic carbocycles. The number of imidazole rings is 1. The summed E-state index contributed by atoms with van der Waals surface area (Å²) in [5.74, 6) is -0.435. The molecule has 0 spiro atoms. The van der Waals surface area contributed by atoms with Gasteiger partial charge in [-0.2, -0.15) is 4.39 Å². The number of hydrogen-bond acceptors (Lipinski definition) is 4. The number of rotatable bonds is 1. The SMILES string of the molecule is Cn1c(=O)n2c3c4c(c(-c5ccc(F)nc5)c(F)cc4ncc31)SCC2. The number of aryl methyl sites for hydroxylation is 2. The Morgan fingerprint density at radius 3 is 2.81 bits per heavy atom. The van der Waals surface area contributed by atoms with E-state index in [0.29, 0.717) is 39.4 Å². The Labute approximate surface area is 150 Å². The van der Waals surface area contributed by atoms with Gasteiger partial charge in [0.25, 0.3) is 0 Å². The van der Waals surface area contributed by atoms with Crippen LogP contribution in [0.2, 0.25) is 0 Å². The van der Waals surface area contributed by atoms with E-state index in [1.165, 1.54) is 36.2 Å². The van der Waals surface area contributed by atoms with E-state index >= 15 is 0 Å². The van der Waals surface area contributed by atoms with Crippen molar-refractivity contribution in [3.63, 3.8) is 0 Å². The van der Waals surface area contributed by atoms with Crippen LogP contribution in [0, 0.1) is 11.8 Å². The topological polar surface area (TPSA) is 52.7 Å². The zero-order chi connectivity index (χ0) is 18.0. The minimum absolute atomic E-state index is 0.114. The van der Waals surface area contributed by atoms with Crippen molar-refractivity contribution in [2.24, 2.45) is 7.05 Å². The summed E-state index contributed by atoms with van der Waals surface area (Å²) in [6.45, 7) is 0.525. The van der Waals surface area contributed by atoms with Gasteiger partial charge in [0, 0.05) is 53.0 Å². The Bertz CT molecular complexity index is 1260. The molecule has 0 amide bonds. The Morgan fingerprint density at radius 2 is 2.04 bits per heavy atom. The lowest BCUT2D eigenvalue weighted by atomic mass is 10.0. The van der Waals surface area contributed by atoms with E-state index < -0.39 is 11.8 Å². The third-order valence-corrected chi connectivity index (χ3v) is 5.83. The number of thioether (sulfide) groups is 1. The van der Waals surface area contributed by atoms with Gasteiger partial charge in [-0.3, -0.25) is 14.1 Å². The second kappa shape index (κ2) is 5.38. The van der Waals surface area contributed by atoms with Gasteiger partial charge in [-0.25, -0.2) is 14.2 Å². The van der Waals surface area contributed by atoms with Crippen molar-refractivity contribution in [3.05, 3.63) is 52.8 Å². The molecule has 4 heterocycles. The lowest BCUT2D eigenvalue weighted by Crippen LogP contribution is -2.22. The standard InChI is InChI=1S/C18H12F2N4OS/c1-23-12-8-21-11-6-10(19)14(9-2-3-13(20)22-7-9)17-15(11)16(12)24(18(23)25)4-5-26-17/h2-3,6-8H,4-5H2,1H3. The Hall–Kier alpha value is -2.74. The average molecular weight is 370 g/mol. The number of benzene rings is 1. The Balaban J connectivity index is 1.99. The molecule has 5 nitrogen and oxygen atoms in total. The van der Waals surface area contributed by atoms with Gasteiger partial charge < -0.3 is 0 Å². The van der Waals surface area contributed by atoms with Gasteiger partial charge in [-0.1, -0.05) is 0 Å². The molecule has 0 bridgehead atoms. The van der Waals surface area contributed by atoms with Gasteiger partial charge in [0.15, 0.2) is 0 Å². The molecule has 0 fully saturated rings. The van der Waals surface area contributed by atoms with Crippen LogP contribution in [0.5, 0.6) is 0 Å². The lowest BCUT2D eigenvalue weighted by Gasteiger charge is -2.13. The summed E-state index contributed by atoms with van der Waals surface area (Å²) in [7, 11) is 1.71. The predicted octanol–water partition coefficient (Wildman–Crippen LogP) is 3.33. The van der Waals surface area contributed by atoms with E-state index in [2.05, 4.69) is 9.97 Å². The first-order valence-electron chi connectivity index (χ1n) is 8.01. The summed E-state index contributed by atoms with van der Waals surface area (Å²) in [6.07, 6.45) is 2.93. The number of hydrogen-bond donors (Lipinski definition) is 0.